The Morgan fingerprint density at radius 3 is 2.65 bits per heavy atom. The van der Waals surface area contributed by atoms with Gasteiger partial charge in [-0.3, -0.25) is 9.78 Å². The van der Waals surface area contributed by atoms with Gasteiger partial charge in [-0.05, 0) is 24.3 Å². The third kappa shape index (κ3) is 2.39. The third-order valence-electron chi connectivity index (χ3n) is 2.24. The van der Waals surface area contributed by atoms with Gasteiger partial charge in [0, 0.05) is 18.1 Å². The molecular weight excluding hydrogens is 221 g/mol. The molecule has 86 valence electrons. The van der Waals surface area contributed by atoms with Gasteiger partial charge >= 0.3 is 0 Å². The van der Waals surface area contributed by atoms with E-state index in [2.05, 4.69) is 10.3 Å². The number of nitrogens with two attached hydrogens (primary N) is 1. The van der Waals surface area contributed by atoms with Crippen molar-refractivity contribution in [3.05, 3.63) is 54.1 Å². The van der Waals surface area contributed by atoms with Crippen molar-refractivity contribution in [3.8, 4) is 0 Å². The van der Waals surface area contributed by atoms with Crippen LogP contribution in [0.4, 0.5) is 15.8 Å². The number of aromatic nitrogens is 1. The lowest BCUT2D eigenvalue weighted by Crippen LogP contribution is -2.14. The number of hydrogen-bond donors (Lipinski definition) is 2. The van der Waals surface area contributed by atoms with Crippen molar-refractivity contribution in [2.75, 3.05) is 11.1 Å². The van der Waals surface area contributed by atoms with Gasteiger partial charge in [0.05, 0.1) is 11.3 Å². The van der Waals surface area contributed by atoms with Crippen molar-refractivity contribution in [2.24, 2.45) is 0 Å². The lowest BCUT2D eigenvalue weighted by molar-refractivity contribution is 0.102. The van der Waals surface area contributed by atoms with Gasteiger partial charge < -0.3 is 11.1 Å². The fourth-order valence-corrected chi connectivity index (χ4v) is 1.37. The Morgan fingerprint density at radius 1 is 1.24 bits per heavy atom. The molecule has 2 aromatic rings. The van der Waals surface area contributed by atoms with Crippen LogP contribution in [0.15, 0.2) is 42.7 Å². The molecule has 0 saturated carbocycles. The largest absolute Gasteiger partial charge is 0.396 e. The van der Waals surface area contributed by atoms with Crippen molar-refractivity contribution in [1.29, 1.82) is 0 Å². The van der Waals surface area contributed by atoms with E-state index in [-0.39, 0.29) is 11.3 Å². The van der Waals surface area contributed by atoms with Gasteiger partial charge in [-0.15, -0.1) is 0 Å². The minimum Gasteiger partial charge on any atom is -0.396 e. The van der Waals surface area contributed by atoms with Gasteiger partial charge in [-0.1, -0.05) is 6.07 Å². The molecule has 1 heterocycles. The zero-order valence-corrected chi connectivity index (χ0v) is 8.85. The molecule has 5 heteroatoms. The molecule has 3 N–H and O–H groups in total. The maximum absolute atomic E-state index is 13.2. The fraction of sp³-hybridized carbons (Fsp3) is 0. The SMILES string of the molecule is Nc1c(F)cccc1C(=O)Nc1ccncc1. The van der Waals surface area contributed by atoms with Gasteiger partial charge in [0.15, 0.2) is 0 Å². The first-order chi connectivity index (χ1) is 8.18. The topological polar surface area (TPSA) is 68.0 Å². The molecule has 0 bridgehead atoms. The Balaban J connectivity index is 2.24. The first kappa shape index (κ1) is 11.1. The number of nitrogen functional groups attached to an aromatic ring is 1. The number of rotatable bonds is 2. The first-order valence-corrected chi connectivity index (χ1v) is 4.94. The number of pyridine rings is 1. The average Bonchev–Trinajstić information content (AvgIpc) is 2.34. The highest BCUT2D eigenvalue weighted by Gasteiger charge is 2.12. The van der Waals surface area contributed by atoms with Gasteiger partial charge in [-0.2, -0.15) is 0 Å². The summed E-state index contributed by atoms with van der Waals surface area (Å²) in [7, 11) is 0. The molecule has 0 atom stereocenters. The molecule has 1 amide bonds. The van der Waals surface area contributed by atoms with Crippen molar-refractivity contribution >= 4 is 17.3 Å². The van der Waals surface area contributed by atoms with E-state index in [1.54, 1.807) is 24.5 Å². The van der Waals surface area contributed by atoms with Crippen LogP contribution >= 0.6 is 0 Å². The van der Waals surface area contributed by atoms with E-state index in [9.17, 15) is 9.18 Å². The number of nitrogens with zero attached hydrogens (tertiary/aromatic N) is 1. The van der Waals surface area contributed by atoms with Crippen LogP contribution in [0.1, 0.15) is 10.4 Å². The highest BCUT2D eigenvalue weighted by Crippen LogP contribution is 2.17. The third-order valence-corrected chi connectivity index (χ3v) is 2.24. The van der Waals surface area contributed by atoms with Crippen LogP contribution in [0.2, 0.25) is 0 Å². The summed E-state index contributed by atoms with van der Waals surface area (Å²) in [6.07, 6.45) is 3.09. The summed E-state index contributed by atoms with van der Waals surface area (Å²) in [6.45, 7) is 0. The standard InChI is InChI=1S/C12H10FN3O/c13-10-3-1-2-9(11(10)14)12(17)16-8-4-6-15-7-5-8/h1-7H,14H2,(H,15,16,17). The smallest absolute Gasteiger partial charge is 0.257 e. The molecule has 2 rings (SSSR count). The summed E-state index contributed by atoms with van der Waals surface area (Å²) >= 11 is 0. The van der Waals surface area contributed by atoms with E-state index >= 15 is 0 Å². The molecule has 0 aliphatic carbocycles. The molecule has 0 saturated heterocycles. The number of hydrogen-bond acceptors (Lipinski definition) is 3. The number of carbonyl (C=O) groups is 1. The second-order valence-electron chi connectivity index (χ2n) is 3.39. The molecular formula is C12H10FN3O. The molecule has 0 radical (unpaired) electrons. The van der Waals surface area contributed by atoms with E-state index in [0.717, 1.165) is 0 Å². The van der Waals surface area contributed by atoms with Crippen molar-refractivity contribution in [2.45, 2.75) is 0 Å². The molecule has 0 aliphatic rings. The van der Waals surface area contributed by atoms with Crippen molar-refractivity contribution < 1.29 is 9.18 Å². The minimum absolute atomic E-state index is 0.113. The zero-order chi connectivity index (χ0) is 12.3. The van der Waals surface area contributed by atoms with E-state index < -0.39 is 11.7 Å². The quantitative estimate of drug-likeness (QED) is 0.777. The van der Waals surface area contributed by atoms with Gasteiger partial charge in [0.25, 0.3) is 5.91 Å². The summed E-state index contributed by atoms with van der Waals surface area (Å²) in [6, 6.07) is 7.38. The van der Waals surface area contributed by atoms with Crippen LogP contribution in [0.5, 0.6) is 0 Å². The molecule has 0 spiro atoms. The Morgan fingerprint density at radius 2 is 1.94 bits per heavy atom. The summed E-state index contributed by atoms with van der Waals surface area (Å²) < 4.78 is 13.2. The lowest BCUT2D eigenvalue weighted by Gasteiger charge is -2.07. The maximum Gasteiger partial charge on any atom is 0.257 e. The number of para-hydroxylation sites is 1. The van der Waals surface area contributed by atoms with E-state index in [1.807, 2.05) is 0 Å². The Bertz CT molecular complexity index is 543. The van der Waals surface area contributed by atoms with Crippen LogP contribution in [0.25, 0.3) is 0 Å². The highest BCUT2D eigenvalue weighted by molar-refractivity contribution is 6.07. The number of anilines is 2. The van der Waals surface area contributed by atoms with E-state index in [0.29, 0.717) is 5.69 Å². The van der Waals surface area contributed by atoms with Gasteiger partial charge in [0.1, 0.15) is 5.82 Å². The summed E-state index contributed by atoms with van der Waals surface area (Å²) in [5.41, 5.74) is 6.03. The van der Waals surface area contributed by atoms with Crippen LogP contribution < -0.4 is 11.1 Å². The average molecular weight is 231 g/mol. The number of amides is 1. The van der Waals surface area contributed by atoms with E-state index in [1.165, 1.54) is 18.2 Å². The van der Waals surface area contributed by atoms with Crippen LogP contribution in [-0.2, 0) is 0 Å². The predicted molar refractivity (Wildman–Crippen MR) is 63.0 cm³/mol. The summed E-state index contributed by atoms with van der Waals surface area (Å²) in [4.78, 5) is 15.6. The predicted octanol–water partition coefficient (Wildman–Crippen LogP) is 2.06. The molecule has 1 aromatic carbocycles. The fourth-order valence-electron chi connectivity index (χ4n) is 1.37. The molecule has 0 unspecified atom stereocenters. The van der Waals surface area contributed by atoms with Gasteiger partial charge in [-0.25, -0.2) is 4.39 Å². The summed E-state index contributed by atoms with van der Waals surface area (Å²) in [5.74, 6) is -1.06. The first-order valence-electron chi connectivity index (χ1n) is 4.94. The number of halogens is 1. The number of benzene rings is 1. The Hall–Kier alpha value is -2.43. The van der Waals surface area contributed by atoms with E-state index in [4.69, 9.17) is 5.73 Å². The molecule has 4 nitrogen and oxygen atoms in total. The lowest BCUT2D eigenvalue weighted by atomic mass is 10.1. The van der Waals surface area contributed by atoms with Crippen LogP contribution in [0.3, 0.4) is 0 Å². The second-order valence-corrected chi connectivity index (χ2v) is 3.39. The van der Waals surface area contributed by atoms with Crippen LogP contribution in [0, 0.1) is 5.82 Å². The summed E-state index contributed by atoms with van der Waals surface area (Å²) in [5, 5.41) is 2.60. The molecule has 17 heavy (non-hydrogen) atoms. The maximum atomic E-state index is 13.2. The highest BCUT2D eigenvalue weighted by atomic mass is 19.1. The minimum atomic E-state index is -0.604. The number of carbonyl (C=O) groups excluding carboxylic acids is 1. The van der Waals surface area contributed by atoms with Crippen molar-refractivity contribution in [1.82, 2.24) is 4.98 Å². The Kier molecular flexibility index (Phi) is 3.00. The molecule has 1 aromatic heterocycles. The Labute approximate surface area is 97.3 Å². The normalized spacial score (nSPS) is 9.94. The molecule has 0 aliphatic heterocycles. The van der Waals surface area contributed by atoms with Crippen LogP contribution in [-0.4, -0.2) is 10.9 Å². The van der Waals surface area contributed by atoms with Crippen molar-refractivity contribution in [3.63, 3.8) is 0 Å². The zero-order valence-electron chi connectivity index (χ0n) is 8.85. The monoisotopic (exact) mass is 231 g/mol. The second kappa shape index (κ2) is 4.61. The number of nitrogens with one attached hydrogen (secondary N) is 1. The molecule has 0 fully saturated rings. The van der Waals surface area contributed by atoms with Gasteiger partial charge in [0.2, 0.25) is 0 Å².